The van der Waals surface area contributed by atoms with E-state index in [0.29, 0.717) is 0 Å². The molecule has 1 unspecified atom stereocenters. The molecule has 2 nitrogen and oxygen atoms in total. The van der Waals surface area contributed by atoms with Crippen molar-refractivity contribution in [3.8, 4) is 0 Å². The number of amides is 1. The van der Waals surface area contributed by atoms with Crippen LogP contribution in [0.25, 0.3) is 6.08 Å². The predicted molar refractivity (Wildman–Crippen MR) is 99.4 cm³/mol. The van der Waals surface area contributed by atoms with E-state index >= 15 is 0 Å². The first kappa shape index (κ1) is 16.5. The summed E-state index contributed by atoms with van der Waals surface area (Å²) in [5.41, 5.74) is 2.26. The van der Waals surface area contributed by atoms with Crippen LogP contribution in [0, 0.1) is 5.92 Å². The van der Waals surface area contributed by atoms with Crippen LogP contribution in [0.3, 0.4) is 0 Å². The zero-order valence-corrected chi connectivity index (χ0v) is 14.0. The highest BCUT2D eigenvalue weighted by molar-refractivity contribution is 5.79. The summed E-state index contributed by atoms with van der Waals surface area (Å²) in [4.78, 5) is 12.6. The Kier molecular flexibility index (Phi) is 5.84. The molecule has 3 rings (SSSR count). The van der Waals surface area contributed by atoms with Gasteiger partial charge in [0.2, 0.25) is 5.91 Å². The lowest BCUT2D eigenvalue weighted by atomic mass is 9.88. The number of carbonyl (C=O) groups excluding carboxylic acids is 1. The van der Waals surface area contributed by atoms with Gasteiger partial charge < -0.3 is 5.32 Å². The van der Waals surface area contributed by atoms with Gasteiger partial charge in [-0.1, -0.05) is 92.1 Å². The van der Waals surface area contributed by atoms with Crippen LogP contribution in [0.15, 0.2) is 66.7 Å². The molecule has 0 bridgehead atoms. The number of hydrogen-bond acceptors (Lipinski definition) is 1. The van der Waals surface area contributed by atoms with Crippen molar-refractivity contribution in [2.24, 2.45) is 5.92 Å². The third-order valence-corrected chi connectivity index (χ3v) is 4.71. The molecule has 0 aromatic heterocycles. The summed E-state index contributed by atoms with van der Waals surface area (Å²) < 4.78 is 0. The van der Waals surface area contributed by atoms with Crippen LogP contribution in [0.1, 0.15) is 49.3 Å². The molecule has 2 aromatic rings. The van der Waals surface area contributed by atoms with Crippen LogP contribution >= 0.6 is 0 Å². The van der Waals surface area contributed by atoms with Crippen LogP contribution in [0.5, 0.6) is 0 Å². The summed E-state index contributed by atoms with van der Waals surface area (Å²) in [6, 6.07) is 20.3. The van der Waals surface area contributed by atoms with Gasteiger partial charge in [0, 0.05) is 5.92 Å². The van der Waals surface area contributed by atoms with Gasteiger partial charge >= 0.3 is 0 Å². The van der Waals surface area contributed by atoms with Gasteiger partial charge in [-0.25, -0.2) is 0 Å². The largest absolute Gasteiger partial charge is 0.346 e. The number of benzene rings is 2. The number of carbonyl (C=O) groups is 1. The van der Waals surface area contributed by atoms with Gasteiger partial charge in [-0.05, 0) is 24.0 Å². The average Bonchev–Trinajstić information content (AvgIpc) is 2.67. The monoisotopic (exact) mass is 319 g/mol. The molecule has 0 saturated heterocycles. The lowest BCUT2D eigenvalue weighted by molar-refractivity contribution is -0.126. The molecule has 2 heteroatoms. The third kappa shape index (κ3) is 4.58. The van der Waals surface area contributed by atoms with Crippen LogP contribution in [-0.4, -0.2) is 5.91 Å². The molecule has 1 atom stereocenters. The molecular formula is C22H25NO. The van der Waals surface area contributed by atoms with Crippen LogP contribution in [-0.2, 0) is 4.79 Å². The van der Waals surface area contributed by atoms with Gasteiger partial charge in [-0.15, -0.1) is 0 Å². The van der Waals surface area contributed by atoms with E-state index in [4.69, 9.17) is 0 Å². The number of hydrogen-bond donors (Lipinski definition) is 1. The highest BCUT2D eigenvalue weighted by atomic mass is 16.1. The van der Waals surface area contributed by atoms with Crippen LogP contribution in [0.2, 0.25) is 0 Å². The standard InChI is InChI=1S/C22H25NO/c24-22(20-14-8-3-9-15-20)23-21(19-12-6-2-7-13-19)17-16-18-10-4-1-5-11-18/h1-2,4-7,10-13,16-17,20-21H,3,8-9,14-15H2,(H,23,24)/b17-16+. The van der Waals surface area contributed by atoms with Crippen molar-refractivity contribution in [1.82, 2.24) is 5.32 Å². The molecule has 124 valence electrons. The summed E-state index contributed by atoms with van der Waals surface area (Å²) in [5, 5.41) is 3.25. The average molecular weight is 319 g/mol. The molecule has 24 heavy (non-hydrogen) atoms. The van der Waals surface area contributed by atoms with Crippen molar-refractivity contribution >= 4 is 12.0 Å². The minimum absolute atomic E-state index is 0.0826. The van der Waals surface area contributed by atoms with Crippen molar-refractivity contribution in [1.29, 1.82) is 0 Å². The molecule has 0 heterocycles. The van der Waals surface area contributed by atoms with E-state index in [-0.39, 0.29) is 17.9 Å². The maximum absolute atomic E-state index is 12.6. The molecule has 1 N–H and O–H groups in total. The maximum Gasteiger partial charge on any atom is 0.223 e. The van der Waals surface area contributed by atoms with Crippen LogP contribution in [0.4, 0.5) is 0 Å². The van der Waals surface area contributed by atoms with Crippen molar-refractivity contribution < 1.29 is 4.79 Å². The quantitative estimate of drug-likeness (QED) is 0.812. The normalized spacial score (nSPS) is 16.8. The van der Waals surface area contributed by atoms with E-state index in [2.05, 4.69) is 41.7 Å². The fourth-order valence-corrected chi connectivity index (χ4v) is 3.31. The Balaban J connectivity index is 1.75. The Hall–Kier alpha value is -2.35. The molecule has 1 aliphatic carbocycles. The zero-order chi connectivity index (χ0) is 16.6. The summed E-state index contributed by atoms with van der Waals surface area (Å²) in [6.45, 7) is 0. The smallest absolute Gasteiger partial charge is 0.223 e. The van der Waals surface area contributed by atoms with Gasteiger partial charge in [0.15, 0.2) is 0 Å². The molecule has 1 aliphatic rings. The van der Waals surface area contributed by atoms with Crippen molar-refractivity contribution in [2.45, 2.75) is 38.1 Å². The van der Waals surface area contributed by atoms with Crippen molar-refractivity contribution in [2.75, 3.05) is 0 Å². The molecular weight excluding hydrogens is 294 g/mol. The summed E-state index contributed by atoms with van der Waals surface area (Å²) in [7, 11) is 0. The van der Waals surface area contributed by atoms with Crippen molar-refractivity contribution in [3.05, 3.63) is 77.9 Å². The second-order valence-corrected chi connectivity index (χ2v) is 6.50. The first-order chi connectivity index (χ1) is 11.8. The highest BCUT2D eigenvalue weighted by Gasteiger charge is 2.23. The van der Waals surface area contributed by atoms with E-state index in [9.17, 15) is 4.79 Å². The lowest BCUT2D eigenvalue weighted by Gasteiger charge is -2.24. The van der Waals surface area contributed by atoms with Crippen molar-refractivity contribution in [3.63, 3.8) is 0 Å². The summed E-state index contributed by atoms with van der Waals surface area (Å²) in [6.07, 6.45) is 9.83. The topological polar surface area (TPSA) is 29.1 Å². The second kappa shape index (κ2) is 8.49. The second-order valence-electron chi connectivity index (χ2n) is 6.50. The van der Waals surface area contributed by atoms with Crippen LogP contribution < -0.4 is 5.32 Å². The molecule has 0 aliphatic heterocycles. The van der Waals surface area contributed by atoms with Gasteiger partial charge in [-0.3, -0.25) is 4.79 Å². The Morgan fingerprint density at radius 3 is 2.21 bits per heavy atom. The van der Waals surface area contributed by atoms with E-state index in [1.807, 2.05) is 36.4 Å². The number of nitrogens with one attached hydrogen (secondary N) is 1. The molecule has 0 radical (unpaired) electrons. The fraction of sp³-hybridized carbons (Fsp3) is 0.318. The zero-order valence-electron chi connectivity index (χ0n) is 14.0. The minimum Gasteiger partial charge on any atom is -0.346 e. The Labute approximate surface area is 144 Å². The maximum atomic E-state index is 12.6. The Bertz CT molecular complexity index is 657. The SMILES string of the molecule is O=C(NC(/C=C/c1ccccc1)c1ccccc1)C1CCCCC1. The van der Waals surface area contributed by atoms with Gasteiger partial charge in [0.05, 0.1) is 6.04 Å². The Morgan fingerprint density at radius 1 is 0.917 bits per heavy atom. The minimum atomic E-state index is -0.0826. The number of rotatable bonds is 5. The lowest BCUT2D eigenvalue weighted by Crippen LogP contribution is -2.34. The Morgan fingerprint density at radius 2 is 1.54 bits per heavy atom. The third-order valence-electron chi connectivity index (χ3n) is 4.71. The van der Waals surface area contributed by atoms with E-state index in [0.717, 1.165) is 24.0 Å². The molecule has 1 fully saturated rings. The van der Waals surface area contributed by atoms with Gasteiger partial charge in [-0.2, -0.15) is 0 Å². The fourth-order valence-electron chi connectivity index (χ4n) is 3.31. The van der Waals surface area contributed by atoms with E-state index < -0.39 is 0 Å². The van der Waals surface area contributed by atoms with Gasteiger partial charge in [0.1, 0.15) is 0 Å². The van der Waals surface area contributed by atoms with E-state index in [1.165, 1.54) is 19.3 Å². The molecule has 1 amide bonds. The van der Waals surface area contributed by atoms with Gasteiger partial charge in [0.25, 0.3) is 0 Å². The molecule has 1 saturated carbocycles. The highest BCUT2D eigenvalue weighted by Crippen LogP contribution is 2.25. The molecule has 2 aromatic carbocycles. The van der Waals surface area contributed by atoms with E-state index in [1.54, 1.807) is 0 Å². The predicted octanol–water partition coefficient (Wildman–Crippen LogP) is 5.14. The first-order valence-corrected chi connectivity index (χ1v) is 8.91. The first-order valence-electron chi connectivity index (χ1n) is 8.91. The summed E-state index contributed by atoms with van der Waals surface area (Å²) >= 11 is 0. The molecule has 0 spiro atoms. The summed E-state index contributed by atoms with van der Waals surface area (Å²) in [5.74, 6) is 0.372.